The molecule has 1 aromatic rings. The van der Waals surface area contributed by atoms with Crippen LogP contribution in [0, 0.1) is 5.92 Å². The summed E-state index contributed by atoms with van der Waals surface area (Å²) in [6, 6.07) is 8.03. The molecular formula is C16H24O2. The minimum atomic E-state index is -0.574. The molecule has 0 heterocycles. The highest BCUT2D eigenvalue weighted by Crippen LogP contribution is 2.34. The molecule has 0 spiro atoms. The molecule has 1 aliphatic rings. The van der Waals surface area contributed by atoms with Crippen molar-refractivity contribution < 1.29 is 9.84 Å². The Morgan fingerprint density at radius 3 is 2.33 bits per heavy atom. The maximum atomic E-state index is 10.7. The molecule has 1 aromatic carbocycles. The molecule has 100 valence electrons. The van der Waals surface area contributed by atoms with E-state index < -0.39 is 5.60 Å². The first-order valence-corrected chi connectivity index (χ1v) is 6.97. The lowest BCUT2D eigenvalue weighted by atomic mass is 9.75. The fraction of sp³-hybridized carbons (Fsp3) is 0.625. The lowest BCUT2D eigenvalue weighted by molar-refractivity contribution is -0.0159. The SMILES string of the molecule is COc1ccc(CC(C)(O)C2CCCCC2)cc1. The van der Waals surface area contributed by atoms with Crippen molar-refractivity contribution >= 4 is 0 Å². The monoisotopic (exact) mass is 248 g/mol. The van der Waals surface area contributed by atoms with Gasteiger partial charge in [-0.05, 0) is 43.4 Å². The van der Waals surface area contributed by atoms with Crippen LogP contribution < -0.4 is 4.74 Å². The molecule has 1 atom stereocenters. The average Bonchev–Trinajstić information content (AvgIpc) is 2.40. The number of rotatable bonds is 4. The summed E-state index contributed by atoms with van der Waals surface area (Å²) in [5.74, 6) is 1.32. The van der Waals surface area contributed by atoms with Gasteiger partial charge >= 0.3 is 0 Å². The maximum absolute atomic E-state index is 10.7. The van der Waals surface area contributed by atoms with Crippen molar-refractivity contribution in [3.63, 3.8) is 0 Å². The molecule has 1 N–H and O–H groups in total. The summed E-state index contributed by atoms with van der Waals surface area (Å²) in [5, 5.41) is 10.7. The van der Waals surface area contributed by atoms with Gasteiger partial charge in [0.15, 0.2) is 0 Å². The van der Waals surface area contributed by atoms with E-state index in [0.29, 0.717) is 5.92 Å². The smallest absolute Gasteiger partial charge is 0.118 e. The molecule has 18 heavy (non-hydrogen) atoms. The van der Waals surface area contributed by atoms with E-state index in [1.54, 1.807) is 7.11 Å². The molecular weight excluding hydrogens is 224 g/mol. The number of hydrogen-bond donors (Lipinski definition) is 1. The average molecular weight is 248 g/mol. The van der Waals surface area contributed by atoms with Gasteiger partial charge in [-0.15, -0.1) is 0 Å². The summed E-state index contributed by atoms with van der Waals surface area (Å²) in [5.41, 5.74) is 0.612. The number of ether oxygens (including phenoxy) is 1. The van der Waals surface area contributed by atoms with E-state index in [9.17, 15) is 5.11 Å². The summed E-state index contributed by atoms with van der Waals surface area (Å²) < 4.78 is 5.15. The van der Waals surface area contributed by atoms with E-state index in [-0.39, 0.29) is 0 Å². The van der Waals surface area contributed by atoms with Crippen molar-refractivity contribution in [2.75, 3.05) is 7.11 Å². The molecule has 1 saturated carbocycles. The van der Waals surface area contributed by atoms with Crippen molar-refractivity contribution in [2.45, 2.75) is 51.0 Å². The summed E-state index contributed by atoms with van der Waals surface area (Å²) in [4.78, 5) is 0. The van der Waals surface area contributed by atoms with E-state index in [2.05, 4.69) is 12.1 Å². The summed E-state index contributed by atoms with van der Waals surface area (Å²) in [7, 11) is 1.67. The Labute approximate surface area is 110 Å². The Morgan fingerprint density at radius 1 is 1.17 bits per heavy atom. The van der Waals surface area contributed by atoms with E-state index in [0.717, 1.165) is 12.2 Å². The lowest BCUT2D eigenvalue weighted by Gasteiger charge is -2.35. The summed E-state index contributed by atoms with van der Waals surface area (Å²) in [6.45, 7) is 1.99. The van der Waals surface area contributed by atoms with Crippen molar-refractivity contribution in [2.24, 2.45) is 5.92 Å². The van der Waals surface area contributed by atoms with Crippen LogP contribution in [0.1, 0.15) is 44.6 Å². The summed E-state index contributed by atoms with van der Waals surface area (Å²) in [6.07, 6.45) is 6.94. The molecule has 0 saturated heterocycles. The number of aliphatic hydroxyl groups is 1. The largest absolute Gasteiger partial charge is 0.497 e. The lowest BCUT2D eigenvalue weighted by Crippen LogP contribution is -2.38. The van der Waals surface area contributed by atoms with Gasteiger partial charge in [0.2, 0.25) is 0 Å². The van der Waals surface area contributed by atoms with Gasteiger partial charge in [-0.1, -0.05) is 31.4 Å². The first-order chi connectivity index (χ1) is 8.62. The topological polar surface area (TPSA) is 29.5 Å². The zero-order chi connectivity index (χ0) is 13.0. The van der Waals surface area contributed by atoms with Gasteiger partial charge < -0.3 is 9.84 Å². The molecule has 0 aliphatic heterocycles. The molecule has 0 amide bonds. The van der Waals surface area contributed by atoms with E-state index >= 15 is 0 Å². The second-order valence-corrected chi connectivity index (χ2v) is 5.72. The zero-order valence-electron chi connectivity index (χ0n) is 11.5. The highest BCUT2D eigenvalue weighted by Gasteiger charge is 2.32. The molecule has 0 radical (unpaired) electrons. The predicted octanol–water partition coefficient (Wildman–Crippen LogP) is 3.57. The molecule has 1 aliphatic carbocycles. The van der Waals surface area contributed by atoms with Crippen LogP contribution in [0.15, 0.2) is 24.3 Å². The minimum Gasteiger partial charge on any atom is -0.497 e. The molecule has 2 rings (SSSR count). The van der Waals surface area contributed by atoms with Gasteiger partial charge in [-0.3, -0.25) is 0 Å². The van der Waals surface area contributed by atoms with Gasteiger partial charge in [-0.2, -0.15) is 0 Å². The first kappa shape index (κ1) is 13.4. The van der Waals surface area contributed by atoms with E-state index in [1.807, 2.05) is 19.1 Å². The fourth-order valence-corrected chi connectivity index (χ4v) is 3.03. The molecule has 2 heteroatoms. The van der Waals surface area contributed by atoms with Gasteiger partial charge in [-0.25, -0.2) is 0 Å². The van der Waals surface area contributed by atoms with Gasteiger partial charge in [0.1, 0.15) is 5.75 Å². The van der Waals surface area contributed by atoms with Crippen LogP contribution in [0.5, 0.6) is 5.75 Å². The first-order valence-electron chi connectivity index (χ1n) is 6.97. The Kier molecular flexibility index (Phi) is 4.28. The molecule has 0 bridgehead atoms. The Morgan fingerprint density at radius 2 is 1.78 bits per heavy atom. The fourth-order valence-electron chi connectivity index (χ4n) is 3.03. The normalized spacial score (nSPS) is 20.4. The second-order valence-electron chi connectivity index (χ2n) is 5.72. The molecule has 1 unspecified atom stereocenters. The van der Waals surface area contributed by atoms with Crippen molar-refractivity contribution in [1.82, 2.24) is 0 Å². The molecule has 0 aromatic heterocycles. The predicted molar refractivity (Wildman–Crippen MR) is 73.9 cm³/mol. The van der Waals surface area contributed by atoms with Crippen molar-refractivity contribution in [1.29, 1.82) is 0 Å². The summed E-state index contributed by atoms with van der Waals surface area (Å²) >= 11 is 0. The maximum Gasteiger partial charge on any atom is 0.118 e. The van der Waals surface area contributed by atoms with Crippen LogP contribution in [0.4, 0.5) is 0 Å². The molecule has 2 nitrogen and oxygen atoms in total. The van der Waals surface area contributed by atoms with E-state index in [4.69, 9.17) is 4.74 Å². The zero-order valence-corrected chi connectivity index (χ0v) is 11.5. The Balaban J connectivity index is 2.01. The quantitative estimate of drug-likeness (QED) is 0.882. The second kappa shape index (κ2) is 5.75. The minimum absolute atomic E-state index is 0.452. The number of hydrogen-bond acceptors (Lipinski definition) is 2. The van der Waals surface area contributed by atoms with Crippen molar-refractivity contribution in [3.05, 3.63) is 29.8 Å². The van der Waals surface area contributed by atoms with Crippen LogP contribution in [0.2, 0.25) is 0 Å². The number of benzene rings is 1. The number of methoxy groups -OCH3 is 1. The highest BCUT2D eigenvalue weighted by atomic mass is 16.5. The van der Waals surface area contributed by atoms with Crippen LogP contribution >= 0.6 is 0 Å². The highest BCUT2D eigenvalue weighted by molar-refractivity contribution is 5.28. The van der Waals surface area contributed by atoms with Gasteiger partial charge in [0, 0.05) is 6.42 Å². The third-order valence-corrected chi connectivity index (χ3v) is 4.21. The Bertz CT molecular complexity index is 361. The van der Waals surface area contributed by atoms with Gasteiger partial charge in [0.25, 0.3) is 0 Å². The van der Waals surface area contributed by atoms with Crippen LogP contribution in [0.3, 0.4) is 0 Å². The third-order valence-electron chi connectivity index (χ3n) is 4.21. The standard InChI is InChI=1S/C16H24O2/c1-16(17,14-6-4-3-5-7-14)12-13-8-10-15(18-2)11-9-13/h8-11,14,17H,3-7,12H2,1-2H3. The third kappa shape index (κ3) is 3.26. The van der Waals surface area contributed by atoms with Crippen molar-refractivity contribution in [3.8, 4) is 5.75 Å². The van der Waals surface area contributed by atoms with Crippen LogP contribution in [0.25, 0.3) is 0 Å². The van der Waals surface area contributed by atoms with Crippen LogP contribution in [-0.4, -0.2) is 17.8 Å². The molecule has 1 fully saturated rings. The van der Waals surface area contributed by atoms with Crippen LogP contribution in [-0.2, 0) is 6.42 Å². The van der Waals surface area contributed by atoms with Gasteiger partial charge in [0.05, 0.1) is 12.7 Å². The van der Waals surface area contributed by atoms with E-state index in [1.165, 1.54) is 37.7 Å². The Hall–Kier alpha value is -1.02.